The molecule has 96 valence electrons. The van der Waals surface area contributed by atoms with Gasteiger partial charge in [0.05, 0.1) is 24.3 Å². The highest BCUT2D eigenvalue weighted by Gasteiger charge is 2.23. The second-order valence-electron chi connectivity index (χ2n) is 4.39. The summed E-state index contributed by atoms with van der Waals surface area (Å²) in [7, 11) is 0. The summed E-state index contributed by atoms with van der Waals surface area (Å²) >= 11 is 0. The Morgan fingerprint density at radius 2 is 2.00 bits per heavy atom. The van der Waals surface area contributed by atoms with Crippen molar-refractivity contribution in [2.24, 2.45) is 0 Å². The Kier molecular flexibility index (Phi) is 3.40. The second kappa shape index (κ2) is 4.83. The molecule has 0 amide bonds. The van der Waals surface area contributed by atoms with Gasteiger partial charge in [-0.2, -0.15) is 0 Å². The van der Waals surface area contributed by atoms with Crippen molar-refractivity contribution < 1.29 is 14.6 Å². The minimum atomic E-state index is -0.923. The van der Waals surface area contributed by atoms with Crippen molar-refractivity contribution in [1.29, 1.82) is 0 Å². The van der Waals surface area contributed by atoms with Gasteiger partial charge in [0.15, 0.2) is 0 Å². The summed E-state index contributed by atoms with van der Waals surface area (Å²) in [6.45, 7) is 1.09. The van der Waals surface area contributed by atoms with Crippen LogP contribution in [0.25, 0.3) is 10.9 Å². The van der Waals surface area contributed by atoms with E-state index in [9.17, 15) is 14.6 Å². The van der Waals surface area contributed by atoms with Crippen molar-refractivity contribution in [2.75, 3.05) is 18.5 Å². The van der Waals surface area contributed by atoms with Gasteiger partial charge in [0.25, 0.3) is 0 Å². The van der Waals surface area contributed by atoms with Gasteiger partial charge in [-0.05, 0) is 25.1 Å². The quantitative estimate of drug-likeness (QED) is 0.753. The summed E-state index contributed by atoms with van der Waals surface area (Å²) < 4.78 is 13.2. The van der Waals surface area contributed by atoms with Gasteiger partial charge in [0.2, 0.25) is 0 Å². The van der Waals surface area contributed by atoms with Crippen molar-refractivity contribution in [3.05, 3.63) is 30.3 Å². The largest absolute Gasteiger partial charge is 0.394 e. The van der Waals surface area contributed by atoms with Gasteiger partial charge in [-0.15, -0.1) is 0 Å². The van der Waals surface area contributed by atoms with Crippen LogP contribution in [0.4, 0.5) is 10.2 Å². The third-order valence-corrected chi connectivity index (χ3v) is 2.72. The lowest BCUT2D eigenvalue weighted by molar-refractivity contribution is 0.147. The van der Waals surface area contributed by atoms with E-state index in [1.165, 1.54) is 18.5 Å². The molecule has 0 spiro atoms. The van der Waals surface area contributed by atoms with Crippen molar-refractivity contribution in [2.45, 2.75) is 12.5 Å². The Bertz CT molecular complexity index is 558. The van der Waals surface area contributed by atoms with E-state index >= 15 is 0 Å². The number of halogens is 1. The molecule has 0 unspecified atom stereocenters. The molecular weight excluding hydrogens is 237 g/mol. The normalized spacial score (nSPS) is 11.8. The lowest BCUT2D eigenvalue weighted by Gasteiger charge is -2.27. The third-order valence-electron chi connectivity index (χ3n) is 2.72. The molecule has 0 aliphatic carbocycles. The average molecular weight is 251 g/mol. The molecule has 0 fully saturated rings. The van der Waals surface area contributed by atoms with E-state index in [1.54, 1.807) is 13.0 Å². The molecule has 0 aliphatic heterocycles. The van der Waals surface area contributed by atoms with E-state index in [4.69, 9.17) is 0 Å². The monoisotopic (exact) mass is 251 g/mol. The Balaban J connectivity index is 2.47. The smallest absolute Gasteiger partial charge is 0.137 e. The summed E-state index contributed by atoms with van der Waals surface area (Å²) in [4.78, 5) is 8.04. The summed E-state index contributed by atoms with van der Waals surface area (Å²) in [5.41, 5.74) is -0.333. The second-order valence-corrected chi connectivity index (χ2v) is 4.39. The number of anilines is 1. The standard InChI is InChI=1S/C12H14FN3O2/c1-12(5-17,6-18)16-11-9-4-8(13)2-3-10(9)14-7-15-11/h2-4,7,17-18H,5-6H2,1H3,(H,14,15,16). The maximum absolute atomic E-state index is 13.2. The summed E-state index contributed by atoms with van der Waals surface area (Å²) in [6.07, 6.45) is 1.34. The molecule has 1 aromatic carbocycles. The van der Waals surface area contributed by atoms with Gasteiger partial charge in [0.1, 0.15) is 18.0 Å². The van der Waals surface area contributed by atoms with Crippen molar-refractivity contribution in [1.82, 2.24) is 9.97 Å². The molecule has 0 radical (unpaired) electrons. The minimum absolute atomic E-state index is 0.274. The van der Waals surface area contributed by atoms with Crippen LogP contribution in [-0.2, 0) is 0 Å². The van der Waals surface area contributed by atoms with Crippen LogP contribution >= 0.6 is 0 Å². The van der Waals surface area contributed by atoms with Gasteiger partial charge in [-0.1, -0.05) is 0 Å². The Labute approximate surface area is 103 Å². The van der Waals surface area contributed by atoms with Crippen LogP contribution in [0.15, 0.2) is 24.5 Å². The number of nitrogens with zero attached hydrogens (tertiary/aromatic N) is 2. The zero-order chi connectivity index (χ0) is 13.2. The first-order valence-corrected chi connectivity index (χ1v) is 5.48. The number of hydrogen-bond acceptors (Lipinski definition) is 5. The van der Waals surface area contributed by atoms with E-state index in [0.717, 1.165) is 0 Å². The predicted molar refractivity (Wildman–Crippen MR) is 65.7 cm³/mol. The van der Waals surface area contributed by atoms with Crippen LogP contribution in [-0.4, -0.2) is 38.9 Å². The third kappa shape index (κ3) is 2.39. The van der Waals surface area contributed by atoms with Crippen LogP contribution in [0.5, 0.6) is 0 Å². The first-order valence-electron chi connectivity index (χ1n) is 5.48. The fourth-order valence-corrected chi connectivity index (χ4v) is 1.54. The molecule has 0 saturated heterocycles. The lowest BCUT2D eigenvalue weighted by atomic mass is 10.1. The highest BCUT2D eigenvalue weighted by molar-refractivity contribution is 5.89. The van der Waals surface area contributed by atoms with Gasteiger partial charge in [-0.25, -0.2) is 14.4 Å². The van der Waals surface area contributed by atoms with Gasteiger partial charge in [0, 0.05) is 5.39 Å². The maximum Gasteiger partial charge on any atom is 0.137 e. The van der Waals surface area contributed by atoms with Crippen LogP contribution in [0.2, 0.25) is 0 Å². The Hall–Kier alpha value is -1.79. The zero-order valence-corrected chi connectivity index (χ0v) is 9.89. The van der Waals surface area contributed by atoms with Gasteiger partial charge in [-0.3, -0.25) is 0 Å². The predicted octanol–water partition coefficient (Wildman–Crippen LogP) is 0.924. The molecule has 2 aromatic rings. The fraction of sp³-hybridized carbons (Fsp3) is 0.333. The SMILES string of the molecule is CC(CO)(CO)Nc1ncnc2ccc(F)cc12. The molecule has 2 rings (SSSR count). The molecule has 0 bridgehead atoms. The van der Waals surface area contributed by atoms with E-state index in [1.807, 2.05) is 0 Å². The maximum atomic E-state index is 13.2. The van der Waals surface area contributed by atoms with Crippen LogP contribution in [0, 0.1) is 5.82 Å². The summed E-state index contributed by atoms with van der Waals surface area (Å²) in [5, 5.41) is 21.9. The number of benzene rings is 1. The molecular formula is C12H14FN3O2. The molecule has 5 nitrogen and oxygen atoms in total. The zero-order valence-electron chi connectivity index (χ0n) is 9.89. The van der Waals surface area contributed by atoms with Crippen molar-refractivity contribution in [3.63, 3.8) is 0 Å². The van der Waals surface area contributed by atoms with E-state index in [2.05, 4.69) is 15.3 Å². The first-order chi connectivity index (χ1) is 8.58. The van der Waals surface area contributed by atoms with E-state index < -0.39 is 11.4 Å². The van der Waals surface area contributed by atoms with Crippen LogP contribution in [0.3, 0.4) is 0 Å². The Morgan fingerprint density at radius 1 is 1.28 bits per heavy atom. The number of aliphatic hydroxyl groups is 2. The van der Waals surface area contributed by atoms with Crippen molar-refractivity contribution >= 4 is 16.7 Å². The molecule has 18 heavy (non-hydrogen) atoms. The van der Waals surface area contributed by atoms with E-state index in [-0.39, 0.29) is 13.2 Å². The topological polar surface area (TPSA) is 78.3 Å². The molecule has 1 heterocycles. The van der Waals surface area contributed by atoms with Gasteiger partial charge >= 0.3 is 0 Å². The molecule has 6 heteroatoms. The van der Waals surface area contributed by atoms with Crippen molar-refractivity contribution in [3.8, 4) is 0 Å². The van der Waals surface area contributed by atoms with E-state index in [0.29, 0.717) is 16.7 Å². The average Bonchev–Trinajstić information content (AvgIpc) is 2.39. The number of aromatic nitrogens is 2. The number of fused-ring (bicyclic) bond motifs is 1. The molecule has 3 N–H and O–H groups in total. The lowest BCUT2D eigenvalue weighted by Crippen LogP contribution is -2.42. The highest BCUT2D eigenvalue weighted by Crippen LogP contribution is 2.22. The number of nitrogens with one attached hydrogen (secondary N) is 1. The molecule has 1 aromatic heterocycles. The number of aliphatic hydroxyl groups excluding tert-OH is 2. The first kappa shape index (κ1) is 12.7. The van der Waals surface area contributed by atoms with Crippen LogP contribution in [0.1, 0.15) is 6.92 Å². The molecule has 0 saturated carbocycles. The molecule has 0 atom stereocenters. The fourth-order valence-electron chi connectivity index (χ4n) is 1.54. The molecule has 0 aliphatic rings. The summed E-state index contributed by atoms with van der Waals surface area (Å²) in [6, 6.07) is 4.18. The van der Waals surface area contributed by atoms with Gasteiger partial charge < -0.3 is 15.5 Å². The van der Waals surface area contributed by atoms with Crippen LogP contribution < -0.4 is 5.32 Å². The summed E-state index contributed by atoms with van der Waals surface area (Å²) in [5.74, 6) is -0.0137. The number of hydrogen-bond donors (Lipinski definition) is 3. The highest BCUT2D eigenvalue weighted by atomic mass is 19.1. The Morgan fingerprint density at radius 3 is 2.67 bits per heavy atom. The minimum Gasteiger partial charge on any atom is -0.394 e. The number of rotatable bonds is 4.